The van der Waals surface area contributed by atoms with E-state index < -0.39 is 0 Å². The van der Waals surface area contributed by atoms with Crippen LogP contribution in [0.1, 0.15) is 5.56 Å². The number of nitrogens with zero attached hydrogens (tertiary/aromatic N) is 1. The van der Waals surface area contributed by atoms with Crippen LogP contribution in [-0.4, -0.2) is 26.0 Å². The Morgan fingerprint density at radius 3 is 2.93 bits per heavy atom. The number of nitrogen functional groups attached to an aromatic ring is 1. The van der Waals surface area contributed by atoms with E-state index in [4.69, 9.17) is 5.73 Å². The first-order chi connectivity index (χ1) is 6.81. The van der Waals surface area contributed by atoms with Gasteiger partial charge in [-0.2, -0.15) is 0 Å². The van der Waals surface area contributed by atoms with E-state index >= 15 is 0 Å². The molecule has 0 spiro atoms. The lowest BCUT2D eigenvalue weighted by Gasteiger charge is -2.07. The lowest BCUT2D eigenvalue weighted by atomic mass is 10.1. The van der Waals surface area contributed by atoms with Crippen molar-refractivity contribution in [3.05, 3.63) is 23.8 Å². The van der Waals surface area contributed by atoms with Crippen molar-refractivity contribution in [2.75, 3.05) is 31.2 Å². The molecule has 2 rings (SSSR count). The van der Waals surface area contributed by atoms with Crippen molar-refractivity contribution >= 4 is 17.2 Å². The molecule has 4 heteroatoms. The van der Waals surface area contributed by atoms with Gasteiger partial charge in [0.15, 0.2) is 0 Å². The highest BCUT2D eigenvalue weighted by molar-refractivity contribution is 6.01. The smallest absolute Gasteiger partial charge is 0.128 e. The van der Waals surface area contributed by atoms with Crippen LogP contribution in [0, 0.1) is 0 Å². The summed E-state index contributed by atoms with van der Waals surface area (Å²) in [5.41, 5.74) is 8.61. The molecule has 0 fully saturated rings. The Morgan fingerprint density at radius 1 is 1.50 bits per heavy atom. The van der Waals surface area contributed by atoms with E-state index in [-0.39, 0.29) is 0 Å². The van der Waals surface area contributed by atoms with Gasteiger partial charge >= 0.3 is 0 Å². The van der Waals surface area contributed by atoms with Crippen molar-refractivity contribution < 1.29 is 0 Å². The fourth-order valence-corrected chi connectivity index (χ4v) is 1.53. The first kappa shape index (κ1) is 8.87. The first-order valence-corrected chi connectivity index (χ1v) is 4.67. The Hall–Kier alpha value is -1.71. The third-order valence-corrected chi connectivity index (χ3v) is 2.27. The topological polar surface area (TPSA) is 62.4 Å². The van der Waals surface area contributed by atoms with Crippen LogP contribution in [0.15, 0.2) is 23.2 Å². The molecule has 0 bridgehead atoms. The van der Waals surface area contributed by atoms with Gasteiger partial charge in [0.05, 0.1) is 17.9 Å². The zero-order chi connectivity index (χ0) is 9.97. The highest BCUT2D eigenvalue weighted by Crippen LogP contribution is 2.19. The van der Waals surface area contributed by atoms with Gasteiger partial charge in [0.2, 0.25) is 0 Å². The molecule has 4 nitrogen and oxygen atoms in total. The molecule has 0 radical (unpaired) electrons. The van der Waals surface area contributed by atoms with Gasteiger partial charge in [-0.15, -0.1) is 0 Å². The molecular weight excluding hydrogens is 176 g/mol. The predicted molar refractivity (Wildman–Crippen MR) is 59.8 cm³/mol. The zero-order valence-corrected chi connectivity index (χ0v) is 8.17. The van der Waals surface area contributed by atoms with Gasteiger partial charge in [-0.3, -0.25) is 4.99 Å². The van der Waals surface area contributed by atoms with Crippen LogP contribution in [0.5, 0.6) is 0 Å². The Morgan fingerprint density at radius 2 is 2.36 bits per heavy atom. The van der Waals surface area contributed by atoms with E-state index in [0.29, 0.717) is 0 Å². The number of aliphatic imine (C=N–C) groups is 1. The van der Waals surface area contributed by atoms with Crippen molar-refractivity contribution in [3.63, 3.8) is 0 Å². The summed E-state index contributed by atoms with van der Waals surface area (Å²) in [6.45, 7) is 1.77. The summed E-state index contributed by atoms with van der Waals surface area (Å²) in [5.74, 6) is 0.944. The molecule has 0 aliphatic carbocycles. The molecule has 1 aliphatic rings. The third-order valence-electron chi connectivity index (χ3n) is 2.27. The summed E-state index contributed by atoms with van der Waals surface area (Å²) in [6.07, 6.45) is 0. The van der Waals surface area contributed by atoms with Crippen molar-refractivity contribution in [1.82, 2.24) is 5.32 Å². The molecule has 0 saturated carbocycles. The molecular formula is C10H14N4. The molecule has 4 N–H and O–H groups in total. The maximum Gasteiger partial charge on any atom is 0.128 e. The summed E-state index contributed by atoms with van der Waals surface area (Å²) in [5, 5.41) is 6.24. The van der Waals surface area contributed by atoms with E-state index in [1.165, 1.54) is 0 Å². The second-order valence-electron chi connectivity index (χ2n) is 3.21. The van der Waals surface area contributed by atoms with Crippen LogP contribution in [0.4, 0.5) is 11.4 Å². The minimum atomic E-state index is 0.751. The minimum Gasteiger partial charge on any atom is -0.397 e. The fourth-order valence-electron chi connectivity index (χ4n) is 1.53. The van der Waals surface area contributed by atoms with E-state index in [2.05, 4.69) is 15.6 Å². The monoisotopic (exact) mass is 190 g/mol. The van der Waals surface area contributed by atoms with Crippen LogP contribution >= 0.6 is 0 Å². The van der Waals surface area contributed by atoms with Gasteiger partial charge in [0, 0.05) is 19.2 Å². The Labute approximate surface area is 83.2 Å². The van der Waals surface area contributed by atoms with Gasteiger partial charge in [-0.25, -0.2) is 0 Å². The van der Waals surface area contributed by atoms with Gasteiger partial charge in [0.1, 0.15) is 5.84 Å². The number of nitrogens with one attached hydrogen (secondary N) is 2. The highest BCUT2D eigenvalue weighted by Gasteiger charge is 2.08. The Balaban J connectivity index is 2.32. The van der Waals surface area contributed by atoms with E-state index in [0.717, 1.165) is 35.9 Å². The molecule has 0 amide bonds. The molecule has 74 valence electrons. The molecule has 1 aliphatic heterocycles. The SMILES string of the molecule is CNc1ccc(C2=NCCN2)cc1N. The average Bonchev–Trinajstić information content (AvgIpc) is 2.70. The van der Waals surface area contributed by atoms with Gasteiger partial charge in [-0.05, 0) is 18.2 Å². The van der Waals surface area contributed by atoms with E-state index in [1.807, 2.05) is 25.2 Å². The second kappa shape index (κ2) is 3.57. The average molecular weight is 190 g/mol. The van der Waals surface area contributed by atoms with Crippen LogP contribution in [0.2, 0.25) is 0 Å². The largest absolute Gasteiger partial charge is 0.397 e. The van der Waals surface area contributed by atoms with Crippen LogP contribution < -0.4 is 16.4 Å². The lowest BCUT2D eigenvalue weighted by molar-refractivity contribution is 0.960. The van der Waals surface area contributed by atoms with E-state index in [9.17, 15) is 0 Å². The number of anilines is 2. The van der Waals surface area contributed by atoms with Crippen molar-refractivity contribution in [3.8, 4) is 0 Å². The molecule has 0 atom stereocenters. The fraction of sp³-hybridized carbons (Fsp3) is 0.300. The normalized spacial score (nSPS) is 14.8. The summed E-state index contributed by atoms with van der Waals surface area (Å²) < 4.78 is 0. The van der Waals surface area contributed by atoms with Crippen LogP contribution in [-0.2, 0) is 0 Å². The summed E-state index contributed by atoms with van der Waals surface area (Å²) in [4.78, 5) is 4.33. The molecule has 0 unspecified atom stereocenters. The van der Waals surface area contributed by atoms with Crippen molar-refractivity contribution in [2.45, 2.75) is 0 Å². The number of hydrogen-bond donors (Lipinski definition) is 3. The zero-order valence-electron chi connectivity index (χ0n) is 8.17. The maximum absolute atomic E-state index is 5.85. The quantitative estimate of drug-likeness (QED) is 0.600. The molecule has 0 saturated heterocycles. The molecule has 1 aromatic carbocycles. The highest BCUT2D eigenvalue weighted by atomic mass is 15.1. The number of benzene rings is 1. The van der Waals surface area contributed by atoms with Gasteiger partial charge < -0.3 is 16.4 Å². The number of rotatable bonds is 2. The maximum atomic E-state index is 5.85. The third kappa shape index (κ3) is 1.51. The van der Waals surface area contributed by atoms with Crippen molar-refractivity contribution in [1.29, 1.82) is 0 Å². The predicted octanol–water partition coefficient (Wildman–Crippen LogP) is 0.660. The Kier molecular flexibility index (Phi) is 2.26. The van der Waals surface area contributed by atoms with Crippen LogP contribution in [0.3, 0.4) is 0 Å². The summed E-state index contributed by atoms with van der Waals surface area (Å²) >= 11 is 0. The Bertz CT molecular complexity index is 370. The number of hydrogen-bond acceptors (Lipinski definition) is 4. The van der Waals surface area contributed by atoms with Gasteiger partial charge in [0.25, 0.3) is 0 Å². The number of amidine groups is 1. The summed E-state index contributed by atoms with van der Waals surface area (Å²) in [7, 11) is 1.86. The standard InChI is InChI=1S/C10H14N4/c1-12-9-3-2-7(6-8(9)11)10-13-4-5-14-10/h2-3,6,12H,4-5,11H2,1H3,(H,13,14). The minimum absolute atomic E-state index is 0.751. The van der Waals surface area contributed by atoms with Gasteiger partial charge in [-0.1, -0.05) is 0 Å². The lowest BCUT2D eigenvalue weighted by Crippen LogP contribution is -2.19. The first-order valence-electron chi connectivity index (χ1n) is 4.67. The van der Waals surface area contributed by atoms with Crippen LogP contribution in [0.25, 0.3) is 0 Å². The molecule has 14 heavy (non-hydrogen) atoms. The molecule has 1 heterocycles. The molecule has 1 aromatic rings. The second-order valence-corrected chi connectivity index (χ2v) is 3.21. The number of nitrogens with two attached hydrogens (primary N) is 1. The van der Waals surface area contributed by atoms with Crippen molar-refractivity contribution in [2.24, 2.45) is 4.99 Å². The van der Waals surface area contributed by atoms with E-state index in [1.54, 1.807) is 0 Å². The molecule has 0 aromatic heterocycles. The summed E-state index contributed by atoms with van der Waals surface area (Å²) in [6, 6.07) is 5.91.